The van der Waals surface area contributed by atoms with Gasteiger partial charge in [-0.1, -0.05) is 50.2 Å². The van der Waals surface area contributed by atoms with E-state index >= 15 is 0 Å². The van der Waals surface area contributed by atoms with Crippen LogP contribution < -0.4 is 4.74 Å². The molecule has 0 N–H and O–H groups in total. The molecule has 124 valence electrons. The van der Waals surface area contributed by atoms with E-state index in [1.807, 2.05) is 45.9 Å². The fourth-order valence-electron chi connectivity index (χ4n) is 2.23. The first-order valence-electron chi connectivity index (χ1n) is 7.55. The Bertz CT molecular complexity index is 659. The van der Waals surface area contributed by atoms with Crippen LogP contribution in [-0.2, 0) is 16.1 Å². The SMILES string of the molecule is COc1ccc(C)cc1CN1C(=O)CS/C1=C/C(=O)C(C)(C)C. The quantitative estimate of drug-likeness (QED) is 0.791. The van der Waals surface area contributed by atoms with Crippen LogP contribution in [0, 0.1) is 12.3 Å². The number of ether oxygens (including phenoxy) is 1. The number of carbonyl (C=O) groups excluding carboxylic acids is 2. The van der Waals surface area contributed by atoms with Crippen LogP contribution in [0.5, 0.6) is 5.75 Å². The standard InChI is InChI=1S/C18H23NO3S/c1-12-6-7-14(22-5)13(8-12)10-19-16(21)11-23-17(19)9-15(20)18(2,3)4/h6-9H,10-11H2,1-5H3/b17-9+. The second-order valence-electron chi connectivity index (χ2n) is 6.68. The Morgan fingerprint density at radius 1 is 1.39 bits per heavy atom. The van der Waals surface area contributed by atoms with Crippen LogP contribution >= 0.6 is 11.8 Å². The number of carbonyl (C=O) groups is 2. The van der Waals surface area contributed by atoms with Crippen molar-refractivity contribution in [3.63, 3.8) is 0 Å². The normalized spacial score (nSPS) is 17.0. The number of rotatable bonds is 4. The molecular weight excluding hydrogens is 310 g/mol. The zero-order valence-electron chi connectivity index (χ0n) is 14.3. The van der Waals surface area contributed by atoms with Crippen molar-refractivity contribution in [1.82, 2.24) is 4.90 Å². The third kappa shape index (κ3) is 4.16. The summed E-state index contributed by atoms with van der Waals surface area (Å²) in [7, 11) is 1.62. The molecule has 5 heteroatoms. The molecule has 1 saturated heterocycles. The van der Waals surface area contributed by atoms with Crippen LogP contribution in [0.25, 0.3) is 0 Å². The van der Waals surface area contributed by atoms with Crippen LogP contribution in [0.4, 0.5) is 0 Å². The molecule has 4 nitrogen and oxygen atoms in total. The molecule has 0 aromatic heterocycles. The molecule has 0 unspecified atom stereocenters. The average Bonchev–Trinajstić information content (AvgIpc) is 2.79. The van der Waals surface area contributed by atoms with Crippen molar-refractivity contribution in [2.75, 3.05) is 12.9 Å². The van der Waals surface area contributed by atoms with E-state index in [1.54, 1.807) is 18.1 Å². The largest absolute Gasteiger partial charge is 0.496 e. The molecule has 1 amide bonds. The van der Waals surface area contributed by atoms with Crippen molar-refractivity contribution in [3.8, 4) is 5.75 Å². The molecule has 1 aliphatic heterocycles. The van der Waals surface area contributed by atoms with E-state index in [1.165, 1.54) is 11.8 Å². The lowest BCUT2D eigenvalue weighted by atomic mass is 9.91. The Labute approximate surface area is 141 Å². The van der Waals surface area contributed by atoms with Gasteiger partial charge in [-0.05, 0) is 13.0 Å². The van der Waals surface area contributed by atoms with E-state index < -0.39 is 5.41 Å². The minimum Gasteiger partial charge on any atom is -0.496 e. The van der Waals surface area contributed by atoms with Crippen molar-refractivity contribution in [3.05, 3.63) is 40.4 Å². The lowest BCUT2D eigenvalue weighted by molar-refractivity contribution is -0.125. The monoisotopic (exact) mass is 333 g/mol. The molecule has 0 bridgehead atoms. The summed E-state index contributed by atoms with van der Waals surface area (Å²) in [5.74, 6) is 1.17. The fourth-order valence-corrected chi connectivity index (χ4v) is 3.17. The van der Waals surface area contributed by atoms with Gasteiger partial charge in [0.2, 0.25) is 5.91 Å². The molecule has 0 radical (unpaired) electrons. The third-order valence-electron chi connectivity index (χ3n) is 3.67. The van der Waals surface area contributed by atoms with Gasteiger partial charge in [-0.25, -0.2) is 0 Å². The molecule has 1 heterocycles. The zero-order chi connectivity index (χ0) is 17.2. The minimum absolute atomic E-state index is 0.0199. The zero-order valence-corrected chi connectivity index (χ0v) is 15.1. The first kappa shape index (κ1) is 17.6. The van der Waals surface area contributed by atoms with E-state index in [2.05, 4.69) is 0 Å². The van der Waals surface area contributed by atoms with Gasteiger partial charge in [-0.3, -0.25) is 9.59 Å². The van der Waals surface area contributed by atoms with Crippen molar-refractivity contribution in [2.24, 2.45) is 5.41 Å². The second-order valence-corrected chi connectivity index (χ2v) is 7.68. The first-order chi connectivity index (χ1) is 10.7. The van der Waals surface area contributed by atoms with Crippen LogP contribution in [0.1, 0.15) is 31.9 Å². The van der Waals surface area contributed by atoms with Gasteiger partial charge in [0.15, 0.2) is 5.78 Å². The van der Waals surface area contributed by atoms with E-state index in [9.17, 15) is 9.59 Å². The summed E-state index contributed by atoms with van der Waals surface area (Å²) in [4.78, 5) is 26.1. The molecule has 2 rings (SSSR count). The molecule has 0 atom stereocenters. The summed E-state index contributed by atoms with van der Waals surface area (Å²) in [6, 6.07) is 5.89. The minimum atomic E-state index is -0.452. The van der Waals surface area contributed by atoms with Gasteiger partial charge in [0, 0.05) is 17.1 Å². The Hall–Kier alpha value is -1.75. The number of benzene rings is 1. The van der Waals surface area contributed by atoms with Crippen molar-refractivity contribution in [1.29, 1.82) is 0 Å². The van der Waals surface area contributed by atoms with Crippen LogP contribution in [0.2, 0.25) is 0 Å². The van der Waals surface area contributed by atoms with E-state index in [-0.39, 0.29) is 11.7 Å². The third-order valence-corrected chi connectivity index (χ3v) is 4.69. The van der Waals surface area contributed by atoms with Crippen molar-refractivity contribution >= 4 is 23.5 Å². The Kier molecular flexibility index (Phi) is 5.19. The van der Waals surface area contributed by atoms with Crippen molar-refractivity contribution < 1.29 is 14.3 Å². The highest BCUT2D eigenvalue weighted by atomic mass is 32.2. The lowest BCUT2D eigenvalue weighted by Gasteiger charge is -2.20. The van der Waals surface area contributed by atoms with Crippen molar-refractivity contribution in [2.45, 2.75) is 34.2 Å². The number of thioether (sulfide) groups is 1. The van der Waals surface area contributed by atoms with Gasteiger partial charge in [-0.15, -0.1) is 0 Å². The molecule has 1 aromatic carbocycles. The Balaban J connectivity index is 2.30. The lowest BCUT2D eigenvalue weighted by Crippen LogP contribution is -2.26. The highest BCUT2D eigenvalue weighted by molar-refractivity contribution is 8.04. The maximum absolute atomic E-state index is 12.3. The molecular formula is C18H23NO3S. The number of aryl methyl sites for hydroxylation is 1. The van der Waals surface area contributed by atoms with E-state index in [0.717, 1.165) is 21.9 Å². The van der Waals surface area contributed by atoms with Crippen LogP contribution in [0.3, 0.4) is 0 Å². The second kappa shape index (κ2) is 6.79. The number of ketones is 1. The molecule has 0 aliphatic carbocycles. The van der Waals surface area contributed by atoms with Gasteiger partial charge in [-0.2, -0.15) is 0 Å². The number of nitrogens with zero attached hydrogens (tertiary/aromatic N) is 1. The van der Waals surface area contributed by atoms with Gasteiger partial charge in [0.1, 0.15) is 5.75 Å². The van der Waals surface area contributed by atoms with Gasteiger partial charge >= 0.3 is 0 Å². The van der Waals surface area contributed by atoms with Crippen LogP contribution in [0.15, 0.2) is 29.3 Å². The number of methoxy groups -OCH3 is 1. The number of hydrogen-bond donors (Lipinski definition) is 0. The van der Waals surface area contributed by atoms with Gasteiger partial charge < -0.3 is 9.64 Å². The van der Waals surface area contributed by atoms with Gasteiger partial charge in [0.25, 0.3) is 0 Å². The molecule has 1 fully saturated rings. The number of allylic oxidation sites excluding steroid dienone is 1. The summed E-state index contributed by atoms with van der Waals surface area (Å²) in [5.41, 5.74) is 1.60. The number of hydrogen-bond acceptors (Lipinski definition) is 4. The summed E-state index contributed by atoms with van der Waals surface area (Å²) in [6.45, 7) is 8.05. The number of amides is 1. The van der Waals surface area contributed by atoms with Crippen LogP contribution in [-0.4, -0.2) is 29.5 Å². The maximum atomic E-state index is 12.3. The van der Waals surface area contributed by atoms with Gasteiger partial charge in [0.05, 0.1) is 24.4 Å². The topological polar surface area (TPSA) is 46.6 Å². The summed E-state index contributed by atoms with van der Waals surface area (Å²) in [5, 5.41) is 0.721. The predicted octanol–water partition coefficient (Wildman–Crippen LogP) is 3.54. The van der Waals surface area contributed by atoms with E-state index in [4.69, 9.17) is 4.74 Å². The molecule has 1 aliphatic rings. The summed E-state index contributed by atoms with van der Waals surface area (Å²) >= 11 is 1.42. The van der Waals surface area contributed by atoms with E-state index in [0.29, 0.717) is 12.3 Å². The Morgan fingerprint density at radius 2 is 2.09 bits per heavy atom. The molecule has 1 aromatic rings. The average molecular weight is 333 g/mol. The molecule has 0 spiro atoms. The smallest absolute Gasteiger partial charge is 0.238 e. The highest BCUT2D eigenvalue weighted by Crippen LogP contribution is 2.33. The molecule has 0 saturated carbocycles. The maximum Gasteiger partial charge on any atom is 0.238 e. The first-order valence-corrected chi connectivity index (χ1v) is 8.53. The summed E-state index contributed by atoms with van der Waals surface area (Å²) < 4.78 is 5.39. The Morgan fingerprint density at radius 3 is 2.70 bits per heavy atom. The summed E-state index contributed by atoms with van der Waals surface area (Å²) in [6.07, 6.45) is 1.60. The predicted molar refractivity (Wildman–Crippen MR) is 93.3 cm³/mol. The highest BCUT2D eigenvalue weighted by Gasteiger charge is 2.30. The fraction of sp³-hybridized carbons (Fsp3) is 0.444. The molecule has 23 heavy (non-hydrogen) atoms.